The molecule has 1 spiro atoms. The Hall–Kier alpha value is -3.30. The Morgan fingerprint density at radius 2 is 1.96 bits per heavy atom. The van der Waals surface area contributed by atoms with E-state index in [2.05, 4.69) is 12.6 Å². The molecule has 15 heteroatoms. The summed E-state index contributed by atoms with van der Waals surface area (Å²) in [4.78, 5) is 61.8. The van der Waals surface area contributed by atoms with Crippen LogP contribution in [0, 0.1) is 5.92 Å². The van der Waals surface area contributed by atoms with Gasteiger partial charge >= 0.3 is 12.1 Å². The quantitative estimate of drug-likeness (QED) is 0.242. The Kier molecular flexibility index (Phi) is 11.2. The monoisotopic (exact) mass is 735 g/mol. The molecule has 1 aromatic carbocycles. The number of carbonyl (C=O) groups is 4. The van der Waals surface area contributed by atoms with E-state index in [1.807, 2.05) is 44.2 Å². The van der Waals surface area contributed by atoms with Crippen molar-refractivity contribution >= 4 is 53.8 Å². The number of halogens is 1. The molecule has 4 aliphatic heterocycles. The molecule has 5 rings (SSSR count). The number of nitrogens with zero attached hydrogens (tertiary/aromatic N) is 3. The Bertz CT molecular complexity index is 1590. The number of rotatable bonds is 7. The van der Waals surface area contributed by atoms with Gasteiger partial charge in [0.05, 0.1) is 25.3 Å². The zero-order chi connectivity index (χ0) is 36.7. The van der Waals surface area contributed by atoms with E-state index in [-0.39, 0.29) is 30.2 Å². The summed E-state index contributed by atoms with van der Waals surface area (Å²) in [5, 5.41) is 1.44. The van der Waals surface area contributed by atoms with Gasteiger partial charge in [0.2, 0.25) is 17.5 Å². The number of esters is 1. The van der Waals surface area contributed by atoms with Gasteiger partial charge in [0.1, 0.15) is 40.7 Å². The van der Waals surface area contributed by atoms with Gasteiger partial charge in [-0.05, 0) is 50.6 Å². The predicted molar refractivity (Wildman–Crippen MR) is 187 cm³/mol. The van der Waals surface area contributed by atoms with Crippen LogP contribution in [0.25, 0.3) is 0 Å². The molecule has 3 amide bonds. The molecule has 4 bridgehead atoms. The molecule has 1 unspecified atom stereocenters. The number of thiol groups is 1. The second-order valence-corrected chi connectivity index (χ2v) is 14.4. The van der Waals surface area contributed by atoms with Crippen LogP contribution >= 0.6 is 24.2 Å². The first-order valence-corrected chi connectivity index (χ1v) is 17.6. The number of carbonyl (C=O) groups excluding carboxylic acids is 4. The van der Waals surface area contributed by atoms with Crippen molar-refractivity contribution in [2.45, 2.75) is 95.2 Å². The van der Waals surface area contributed by atoms with E-state index < -0.39 is 65.7 Å². The maximum atomic E-state index is 14.1. The normalized spacial score (nSPS) is 33.2. The molecule has 13 nitrogen and oxygen atoms in total. The molecule has 4 aliphatic rings. The molecule has 0 saturated carbocycles. The molecule has 1 aromatic rings. The third-order valence-electron chi connectivity index (χ3n) is 10.2. The minimum Gasteiger partial charge on any atom is -0.495 e. The van der Waals surface area contributed by atoms with Crippen LogP contribution in [0.1, 0.15) is 52.5 Å². The van der Waals surface area contributed by atoms with Crippen LogP contribution in [0.4, 0.5) is 10.5 Å². The van der Waals surface area contributed by atoms with Crippen LogP contribution in [0.3, 0.4) is 0 Å². The van der Waals surface area contributed by atoms with Gasteiger partial charge in [-0.15, -0.1) is 5.06 Å². The summed E-state index contributed by atoms with van der Waals surface area (Å²) in [5.41, 5.74) is 0.0312. The van der Waals surface area contributed by atoms with E-state index in [1.54, 1.807) is 28.0 Å². The minimum atomic E-state index is -1.14. The largest absolute Gasteiger partial charge is 0.495 e. The molecular weight excluding hydrogens is 690 g/mol. The fourth-order valence-electron chi connectivity index (χ4n) is 6.78. The second kappa shape index (κ2) is 14.7. The predicted octanol–water partition coefficient (Wildman–Crippen LogP) is 4.50. The van der Waals surface area contributed by atoms with Crippen molar-refractivity contribution in [1.29, 1.82) is 0 Å². The molecule has 3 fully saturated rings. The number of methoxy groups -OCH3 is 2. The van der Waals surface area contributed by atoms with E-state index in [0.717, 1.165) is 11.1 Å². The van der Waals surface area contributed by atoms with E-state index in [1.165, 1.54) is 29.0 Å². The molecule has 3 saturated heterocycles. The maximum absolute atomic E-state index is 14.1. The number of hydrogen-bond donors (Lipinski definition) is 1. The molecule has 4 heterocycles. The van der Waals surface area contributed by atoms with Crippen molar-refractivity contribution in [3.8, 4) is 5.75 Å². The standard InChI is InChI=1S/C35H46ClN3O10S/c1-19-10-9-11-26(45-8)35-18-25(46-33(43)39(35)49-35)20(2)31-34(4,48-31)27(47-32(42)21(3)37(5)28(40)12-13-50)17-29(41)38(6)23-15-22(14-19)16-24(44-7)30(23)36/h9-11,15-16,20-21,25-27,31,50H,12-14,17-18H2,1-8H3/b11-9+,19-10+/t20-,21+,25?,26-,27+,31+,34+,35+,39?/m1/s1. The highest BCUT2D eigenvalue weighted by molar-refractivity contribution is 7.80. The number of hydrogen-bond acceptors (Lipinski definition) is 11. The van der Waals surface area contributed by atoms with E-state index in [4.69, 9.17) is 40.1 Å². The van der Waals surface area contributed by atoms with Crippen molar-refractivity contribution < 1.29 is 47.7 Å². The van der Waals surface area contributed by atoms with Crippen molar-refractivity contribution in [2.75, 3.05) is 39.0 Å². The van der Waals surface area contributed by atoms with E-state index in [0.29, 0.717) is 23.6 Å². The van der Waals surface area contributed by atoms with Crippen molar-refractivity contribution in [2.24, 2.45) is 5.92 Å². The van der Waals surface area contributed by atoms with Crippen LogP contribution in [0.5, 0.6) is 5.75 Å². The van der Waals surface area contributed by atoms with E-state index >= 15 is 0 Å². The molecule has 0 radical (unpaired) electrons. The number of likely N-dealkylation sites (N-methyl/N-ethyl adjacent to an activating group) is 1. The molecule has 0 aromatic heterocycles. The first-order chi connectivity index (χ1) is 23.6. The van der Waals surface area contributed by atoms with Gasteiger partial charge in [-0.1, -0.05) is 42.3 Å². The average Bonchev–Trinajstić information content (AvgIpc) is 4.00. The number of ether oxygens (including phenoxy) is 5. The first kappa shape index (κ1) is 37.9. The maximum Gasteiger partial charge on any atom is 0.437 e. The Labute approximate surface area is 303 Å². The van der Waals surface area contributed by atoms with Gasteiger partial charge in [-0.25, -0.2) is 14.4 Å². The van der Waals surface area contributed by atoms with Crippen molar-refractivity contribution in [3.05, 3.63) is 46.5 Å². The average molecular weight is 736 g/mol. The van der Waals surface area contributed by atoms with Crippen LogP contribution in [-0.2, 0) is 44.6 Å². The smallest absolute Gasteiger partial charge is 0.437 e. The minimum absolute atomic E-state index is 0.144. The lowest BCUT2D eigenvalue weighted by atomic mass is 9.84. The highest BCUT2D eigenvalue weighted by Crippen LogP contribution is 2.53. The first-order valence-electron chi connectivity index (χ1n) is 16.6. The fourth-order valence-corrected chi connectivity index (χ4v) is 7.29. The van der Waals surface area contributed by atoms with Gasteiger partial charge in [0, 0.05) is 40.0 Å². The van der Waals surface area contributed by atoms with Crippen LogP contribution in [0.2, 0.25) is 5.02 Å². The summed E-state index contributed by atoms with van der Waals surface area (Å²) in [6.45, 7) is 7.16. The molecule has 274 valence electrons. The Balaban J connectivity index is 1.54. The fraction of sp³-hybridized carbons (Fsp3) is 0.600. The summed E-state index contributed by atoms with van der Waals surface area (Å²) in [5.74, 6) is -1.07. The highest BCUT2D eigenvalue weighted by Gasteiger charge is 2.71. The topological polar surface area (TPSA) is 140 Å². The van der Waals surface area contributed by atoms with E-state index in [9.17, 15) is 19.2 Å². The van der Waals surface area contributed by atoms with Gasteiger partial charge in [-0.2, -0.15) is 12.6 Å². The summed E-state index contributed by atoms with van der Waals surface area (Å²) in [7, 11) is 6.16. The number of amides is 3. The molecular formula is C35H46ClN3O10S. The number of benzene rings is 1. The lowest BCUT2D eigenvalue weighted by Crippen LogP contribution is -2.49. The zero-order valence-electron chi connectivity index (χ0n) is 29.6. The number of allylic oxidation sites excluding steroid dienone is 3. The zero-order valence-corrected chi connectivity index (χ0v) is 31.3. The highest BCUT2D eigenvalue weighted by atomic mass is 35.5. The van der Waals surface area contributed by atoms with Crippen LogP contribution < -0.4 is 9.64 Å². The van der Waals surface area contributed by atoms with Gasteiger partial charge < -0.3 is 33.5 Å². The van der Waals surface area contributed by atoms with Crippen LogP contribution in [0.15, 0.2) is 35.9 Å². The van der Waals surface area contributed by atoms with Gasteiger partial charge in [-0.3, -0.25) is 9.59 Å². The van der Waals surface area contributed by atoms with Crippen LogP contribution in [-0.4, -0.2) is 110 Å². The number of epoxide rings is 1. The third kappa shape index (κ3) is 7.22. The van der Waals surface area contributed by atoms with Gasteiger partial charge in [0.25, 0.3) is 0 Å². The lowest BCUT2D eigenvalue weighted by molar-refractivity contribution is -0.161. The summed E-state index contributed by atoms with van der Waals surface area (Å²) in [6, 6.07) is 2.69. The summed E-state index contributed by atoms with van der Waals surface area (Å²) < 4.78 is 29.5. The Morgan fingerprint density at radius 3 is 2.62 bits per heavy atom. The van der Waals surface area contributed by atoms with Crippen molar-refractivity contribution in [3.63, 3.8) is 0 Å². The molecule has 8 atom stereocenters. The van der Waals surface area contributed by atoms with Gasteiger partial charge in [0.15, 0.2) is 0 Å². The number of fused-ring (bicyclic) bond motifs is 4. The molecule has 0 N–H and O–H groups in total. The second-order valence-electron chi connectivity index (χ2n) is 13.5. The summed E-state index contributed by atoms with van der Waals surface area (Å²) in [6.07, 6.45) is 2.75. The Morgan fingerprint density at radius 1 is 1.24 bits per heavy atom. The molecule has 50 heavy (non-hydrogen) atoms. The lowest BCUT2D eigenvalue weighted by Gasteiger charge is -2.32. The number of anilines is 1. The third-order valence-corrected chi connectivity index (χ3v) is 10.8. The SMILES string of the molecule is COc1cc2cc(c1Cl)N(C)C(=O)C[C@H](OC(=O)[C@H](C)N(C)C(=O)CCS)[C@]1(C)O[C@H]1[C@H](C)C1C[C@]3(ON3C(=O)O1)[C@H](OC)/C=C/C=C(\C)C2. The number of hydroxylamine groups is 2. The van der Waals surface area contributed by atoms with Crippen molar-refractivity contribution in [1.82, 2.24) is 9.96 Å². The molecule has 0 aliphatic carbocycles. The summed E-state index contributed by atoms with van der Waals surface area (Å²) >= 11 is 10.9.